The lowest BCUT2D eigenvalue weighted by molar-refractivity contribution is 0.147. The summed E-state index contributed by atoms with van der Waals surface area (Å²) in [5.41, 5.74) is 6.16. The van der Waals surface area contributed by atoms with Crippen molar-refractivity contribution in [1.82, 2.24) is 9.88 Å². The van der Waals surface area contributed by atoms with Gasteiger partial charge in [0.2, 0.25) is 0 Å². The second kappa shape index (κ2) is 10.9. The first-order chi connectivity index (χ1) is 17.3. The van der Waals surface area contributed by atoms with Crippen molar-refractivity contribution in [2.75, 3.05) is 31.1 Å². The molecule has 178 valence electrons. The van der Waals surface area contributed by atoms with E-state index in [1.807, 2.05) is 6.20 Å². The molecule has 1 aliphatic rings. The van der Waals surface area contributed by atoms with Crippen molar-refractivity contribution >= 4 is 5.69 Å². The zero-order valence-electron chi connectivity index (χ0n) is 20.7. The molecule has 0 amide bonds. The Balaban J connectivity index is 1.54. The second-order valence-electron chi connectivity index (χ2n) is 9.36. The molecule has 1 saturated heterocycles. The highest BCUT2D eigenvalue weighted by Crippen LogP contribution is 2.43. The van der Waals surface area contributed by atoms with Crippen LogP contribution in [-0.2, 0) is 12.0 Å². The lowest BCUT2D eigenvalue weighted by Gasteiger charge is -2.49. The van der Waals surface area contributed by atoms with Gasteiger partial charge >= 0.3 is 0 Å². The van der Waals surface area contributed by atoms with Crippen molar-refractivity contribution in [3.63, 3.8) is 0 Å². The molecular formula is C32H35N3. The number of aryl methyl sites for hydroxylation is 1. The number of benzene rings is 3. The van der Waals surface area contributed by atoms with Gasteiger partial charge in [-0.25, -0.2) is 0 Å². The fourth-order valence-corrected chi connectivity index (χ4v) is 5.62. The van der Waals surface area contributed by atoms with Crippen LogP contribution in [0.3, 0.4) is 0 Å². The van der Waals surface area contributed by atoms with Crippen LogP contribution in [0.4, 0.5) is 5.69 Å². The number of rotatable bonds is 8. The number of anilines is 1. The van der Waals surface area contributed by atoms with Crippen LogP contribution in [0.1, 0.15) is 42.1 Å². The van der Waals surface area contributed by atoms with Crippen LogP contribution < -0.4 is 4.90 Å². The zero-order valence-corrected chi connectivity index (χ0v) is 20.7. The maximum atomic E-state index is 4.75. The van der Waals surface area contributed by atoms with E-state index in [0.29, 0.717) is 0 Å². The van der Waals surface area contributed by atoms with Crippen molar-refractivity contribution in [1.29, 1.82) is 0 Å². The molecule has 2 heterocycles. The second-order valence-corrected chi connectivity index (χ2v) is 9.36. The number of unbranched alkanes of at least 4 members (excludes halogenated alkanes) is 1. The predicted molar refractivity (Wildman–Crippen MR) is 146 cm³/mol. The minimum atomic E-state index is -0.337. The van der Waals surface area contributed by atoms with Crippen molar-refractivity contribution in [3.05, 3.63) is 132 Å². The van der Waals surface area contributed by atoms with Gasteiger partial charge < -0.3 is 4.90 Å². The molecule has 35 heavy (non-hydrogen) atoms. The van der Waals surface area contributed by atoms with Gasteiger partial charge in [-0.15, -0.1) is 0 Å². The first kappa shape index (κ1) is 23.3. The average molecular weight is 462 g/mol. The Labute approximate surface area is 210 Å². The number of aromatic nitrogens is 1. The molecule has 1 fully saturated rings. The molecule has 1 aromatic heterocycles. The van der Waals surface area contributed by atoms with Crippen LogP contribution in [0, 0.1) is 0 Å². The number of piperazine rings is 1. The van der Waals surface area contributed by atoms with E-state index >= 15 is 0 Å². The Morgan fingerprint density at radius 1 is 0.657 bits per heavy atom. The van der Waals surface area contributed by atoms with Gasteiger partial charge in [0.25, 0.3) is 0 Å². The lowest BCUT2D eigenvalue weighted by Crippen LogP contribution is -2.56. The van der Waals surface area contributed by atoms with E-state index in [9.17, 15) is 0 Å². The summed E-state index contributed by atoms with van der Waals surface area (Å²) in [6, 6.07) is 37.4. The summed E-state index contributed by atoms with van der Waals surface area (Å²) in [6.45, 7) is 6.16. The molecule has 0 bridgehead atoms. The minimum Gasteiger partial charge on any atom is -0.367 e. The molecular weight excluding hydrogens is 426 g/mol. The smallest absolute Gasteiger partial charge is 0.0974 e. The quantitative estimate of drug-likeness (QED) is 0.278. The Bertz CT molecular complexity index is 1090. The van der Waals surface area contributed by atoms with E-state index in [2.05, 4.69) is 120 Å². The minimum absolute atomic E-state index is 0.337. The van der Waals surface area contributed by atoms with Gasteiger partial charge in [-0.2, -0.15) is 0 Å². The van der Waals surface area contributed by atoms with Crippen molar-refractivity contribution in [2.24, 2.45) is 0 Å². The summed E-state index contributed by atoms with van der Waals surface area (Å²) in [6.07, 6.45) is 5.37. The molecule has 0 radical (unpaired) electrons. The van der Waals surface area contributed by atoms with Crippen LogP contribution in [0.5, 0.6) is 0 Å². The summed E-state index contributed by atoms with van der Waals surface area (Å²) >= 11 is 0. The van der Waals surface area contributed by atoms with Crippen LogP contribution >= 0.6 is 0 Å². The van der Waals surface area contributed by atoms with Crippen molar-refractivity contribution < 1.29 is 0 Å². The highest BCUT2D eigenvalue weighted by Gasteiger charge is 2.43. The van der Waals surface area contributed by atoms with Crippen LogP contribution in [-0.4, -0.2) is 36.1 Å². The van der Waals surface area contributed by atoms with E-state index in [1.165, 1.54) is 40.9 Å². The molecule has 0 atom stereocenters. The highest BCUT2D eigenvalue weighted by molar-refractivity contribution is 5.53. The summed E-state index contributed by atoms with van der Waals surface area (Å²) in [5.74, 6) is 0. The number of nitrogens with zero attached hydrogens (tertiary/aromatic N) is 3. The highest BCUT2D eigenvalue weighted by atomic mass is 15.3. The third-order valence-corrected chi connectivity index (χ3v) is 7.30. The molecule has 3 heteroatoms. The Morgan fingerprint density at radius 2 is 1.17 bits per heavy atom. The normalized spacial score (nSPS) is 14.7. The summed E-state index contributed by atoms with van der Waals surface area (Å²) in [5, 5.41) is 0. The molecule has 3 nitrogen and oxygen atoms in total. The van der Waals surface area contributed by atoms with Gasteiger partial charge in [0.1, 0.15) is 0 Å². The monoisotopic (exact) mass is 461 g/mol. The topological polar surface area (TPSA) is 19.4 Å². The number of hydrogen-bond acceptors (Lipinski definition) is 3. The van der Waals surface area contributed by atoms with Crippen LogP contribution in [0.15, 0.2) is 109 Å². The van der Waals surface area contributed by atoms with E-state index in [0.717, 1.165) is 32.6 Å². The third-order valence-electron chi connectivity index (χ3n) is 7.30. The third kappa shape index (κ3) is 4.61. The van der Waals surface area contributed by atoms with Gasteiger partial charge in [0.05, 0.1) is 16.9 Å². The van der Waals surface area contributed by atoms with E-state index in [1.54, 1.807) is 0 Å². The van der Waals surface area contributed by atoms with Crippen molar-refractivity contribution in [2.45, 2.75) is 31.7 Å². The Kier molecular flexibility index (Phi) is 7.25. The average Bonchev–Trinajstić information content (AvgIpc) is 2.95. The Morgan fingerprint density at radius 3 is 1.66 bits per heavy atom. The van der Waals surface area contributed by atoms with E-state index in [-0.39, 0.29) is 5.54 Å². The Hall–Kier alpha value is -3.43. The predicted octanol–water partition coefficient (Wildman–Crippen LogP) is 6.54. The SMILES string of the molecule is CCCCc1ncccc1N1CCN(C(c2ccccc2)(c2ccccc2)c2ccccc2)CC1. The molecule has 0 N–H and O–H groups in total. The first-order valence-corrected chi connectivity index (χ1v) is 12.9. The fourth-order valence-electron chi connectivity index (χ4n) is 5.62. The van der Waals surface area contributed by atoms with Crippen molar-refractivity contribution in [3.8, 4) is 0 Å². The maximum Gasteiger partial charge on any atom is 0.0974 e. The summed E-state index contributed by atoms with van der Waals surface area (Å²) in [7, 11) is 0. The molecule has 5 rings (SSSR count). The molecule has 1 aliphatic heterocycles. The number of pyridine rings is 1. The molecule has 0 spiro atoms. The van der Waals surface area contributed by atoms with Gasteiger partial charge in [0, 0.05) is 32.4 Å². The number of hydrogen-bond donors (Lipinski definition) is 0. The summed E-state index contributed by atoms with van der Waals surface area (Å²) < 4.78 is 0. The molecule has 0 saturated carbocycles. The maximum absolute atomic E-state index is 4.75. The summed E-state index contributed by atoms with van der Waals surface area (Å²) in [4.78, 5) is 9.97. The van der Waals surface area contributed by atoms with Gasteiger partial charge in [-0.1, -0.05) is 104 Å². The fraction of sp³-hybridized carbons (Fsp3) is 0.281. The first-order valence-electron chi connectivity index (χ1n) is 12.9. The van der Waals surface area contributed by atoms with Crippen LogP contribution in [0.25, 0.3) is 0 Å². The zero-order chi connectivity index (χ0) is 23.9. The van der Waals surface area contributed by atoms with E-state index < -0.39 is 0 Å². The lowest BCUT2D eigenvalue weighted by atomic mass is 9.75. The largest absolute Gasteiger partial charge is 0.367 e. The standard InChI is InChI=1S/C32H35N3/c1-2-3-20-30-31(21-13-22-33-30)34-23-25-35(26-24-34)32(27-14-7-4-8-15-27,28-16-9-5-10-17-28)29-18-11-6-12-19-29/h4-19,21-22H,2-3,20,23-26H2,1H3. The van der Waals surface area contributed by atoms with Gasteiger partial charge in [0.15, 0.2) is 0 Å². The molecule has 0 unspecified atom stereocenters. The van der Waals surface area contributed by atoms with Gasteiger partial charge in [-0.05, 0) is 41.7 Å². The molecule has 0 aliphatic carbocycles. The van der Waals surface area contributed by atoms with E-state index in [4.69, 9.17) is 4.98 Å². The molecule has 3 aromatic carbocycles. The van der Waals surface area contributed by atoms with Crippen LogP contribution in [0.2, 0.25) is 0 Å². The van der Waals surface area contributed by atoms with Gasteiger partial charge in [-0.3, -0.25) is 9.88 Å². The molecule has 4 aromatic rings.